The fourth-order valence-electron chi connectivity index (χ4n) is 6.53. The third kappa shape index (κ3) is 8.34. The molecule has 0 spiro atoms. The Morgan fingerprint density at radius 1 is 0.660 bits per heavy atom. The summed E-state index contributed by atoms with van der Waals surface area (Å²) in [7, 11) is -1.64. The van der Waals surface area contributed by atoms with Crippen molar-refractivity contribution in [2.45, 2.75) is 52.2 Å². The van der Waals surface area contributed by atoms with Crippen molar-refractivity contribution in [3.8, 4) is 33.6 Å². The number of pyridine rings is 2. The summed E-state index contributed by atoms with van der Waals surface area (Å²) >= 11 is 0. The van der Waals surface area contributed by atoms with Gasteiger partial charge in [-0.05, 0) is 56.9 Å². The first-order chi connectivity index (χ1) is 25.8. The molecular formula is C48H44IrN2OSi-2. The molecule has 0 N–H and O–H groups in total. The summed E-state index contributed by atoms with van der Waals surface area (Å²) in [6.45, 7) is 12.7. The van der Waals surface area contributed by atoms with Gasteiger partial charge in [-0.2, -0.15) is 0 Å². The first-order valence-corrected chi connectivity index (χ1v) is 21.2. The molecule has 0 saturated heterocycles. The molecule has 53 heavy (non-hydrogen) atoms. The van der Waals surface area contributed by atoms with Gasteiger partial charge in [0.25, 0.3) is 0 Å². The smallest absolute Gasteiger partial charge is 0.121 e. The van der Waals surface area contributed by atoms with Gasteiger partial charge in [-0.3, -0.25) is 0 Å². The third-order valence-electron chi connectivity index (χ3n) is 9.44. The molecule has 0 saturated carbocycles. The fourth-order valence-corrected chi connectivity index (χ4v) is 8.05. The Balaban J connectivity index is 0.000000186. The van der Waals surface area contributed by atoms with E-state index in [4.69, 9.17) is 10.8 Å². The quantitative estimate of drug-likeness (QED) is 0.118. The number of benzene rings is 5. The molecule has 0 aliphatic heterocycles. The average molecular weight is 887 g/mol. The van der Waals surface area contributed by atoms with Crippen LogP contribution >= 0.6 is 0 Å². The number of aromatic nitrogens is 2. The van der Waals surface area contributed by atoms with Gasteiger partial charge in [0.1, 0.15) is 5.58 Å². The van der Waals surface area contributed by atoms with E-state index >= 15 is 0 Å². The zero-order valence-corrected chi connectivity index (χ0v) is 34.4. The fraction of sp³-hybridized carbons (Fsp3) is 0.167. The minimum absolute atomic E-state index is 0. The van der Waals surface area contributed by atoms with Crippen LogP contribution in [0.15, 0.2) is 150 Å². The first kappa shape index (κ1) is 35.1. The zero-order valence-electron chi connectivity index (χ0n) is 33.0. The van der Waals surface area contributed by atoms with Gasteiger partial charge in [-0.15, -0.1) is 54.1 Å². The van der Waals surface area contributed by atoms with Crippen molar-refractivity contribution in [3.63, 3.8) is 0 Å². The van der Waals surface area contributed by atoms with Crippen molar-refractivity contribution >= 4 is 35.2 Å². The van der Waals surface area contributed by atoms with Gasteiger partial charge in [0.2, 0.25) is 0 Å². The Hall–Kier alpha value is -4.93. The van der Waals surface area contributed by atoms with E-state index in [1.807, 2.05) is 124 Å². The average Bonchev–Trinajstić information content (AvgIpc) is 3.56. The van der Waals surface area contributed by atoms with Gasteiger partial charge in [-0.25, -0.2) is 0 Å². The number of hydrogen-bond donors (Lipinski definition) is 0. The van der Waals surface area contributed by atoms with Crippen molar-refractivity contribution in [2.75, 3.05) is 0 Å². The number of fused-ring (bicyclic) bond motifs is 3. The molecule has 3 heterocycles. The van der Waals surface area contributed by atoms with Crippen LogP contribution in [0.4, 0.5) is 0 Å². The molecule has 1 radical (unpaired) electrons. The minimum Gasteiger partial charge on any atom is -0.501 e. The van der Waals surface area contributed by atoms with Crippen LogP contribution in [0.5, 0.6) is 0 Å². The van der Waals surface area contributed by atoms with Gasteiger partial charge in [0.05, 0.1) is 13.7 Å². The van der Waals surface area contributed by atoms with Crippen LogP contribution in [0.2, 0.25) is 19.6 Å². The number of nitrogens with zero attached hydrogens (tertiary/aromatic N) is 2. The van der Waals surface area contributed by atoms with Crippen LogP contribution in [0.3, 0.4) is 0 Å². The Morgan fingerprint density at radius 2 is 1.40 bits per heavy atom. The van der Waals surface area contributed by atoms with Crippen LogP contribution in [-0.4, -0.2) is 18.0 Å². The predicted molar refractivity (Wildman–Crippen MR) is 221 cm³/mol. The molecule has 8 aromatic rings. The van der Waals surface area contributed by atoms with Gasteiger partial charge in [-0.1, -0.05) is 142 Å². The van der Waals surface area contributed by atoms with Crippen molar-refractivity contribution in [1.82, 2.24) is 9.97 Å². The molecule has 8 rings (SSSR count). The topological polar surface area (TPSA) is 38.9 Å². The van der Waals surface area contributed by atoms with E-state index in [0.717, 1.165) is 72.3 Å². The Labute approximate surface area is 331 Å². The predicted octanol–water partition coefficient (Wildman–Crippen LogP) is 12.5. The monoisotopic (exact) mass is 887 g/mol. The van der Waals surface area contributed by atoms with Crippen LogP contribution in [0, 0.1) is 12.1 Å². The second kappa shape index (κ2) is 16.4. The second-order valence-electron chi connectivity index (χ2n) is 14.3. The first-order valence-electron chi connectivity index (χ1n) is 18.7. The molecule has 1 atom stereocenters. The maximum atomic E-state index is 9.17. The van der Waals surface area contributed by atoms with E-state index in [2.05, 4.69) is 73.2 Å². The Bertz CT molecular complexity index is 2540. The SMILES string of the molecule is [2H]C(C)(C)c1ccnc(-c2[c-]ccc3c2oc2cc(-c4ccccc4)ccc23)c1.[2H]C(C)(c1ccccc1)c1cc(-c2[c-]cccc2)ncc1[Si](C)(C)C.[Ir]. The van der Waals surface area contributed by atoms with Crippen LogP contribution in [0.1, 0.15) is 52.0 Å². The summed E-state index contributed by atoms with van der Waals surface area (Å²) in [5.41, 5.74) is 10.3. The molecule has 0 fully saturated rings. The van der Waals surface area contributed by atoms with E-state index in [0.29, 0.717) is 0 Å². The normalized spacial score (nSPS) is 13.2. The maximum absolute atomic E-state index is 9.17. The maximum Gasteiger partial charge on any atom is 0.121 e. The summed E-state index contributed by atoms with van der Waals surface area (Å²) in [4.78, 5) is 9.24. The molecule has 0 bridgehead atoms. The standard InChI is InChI=1S/C26H20NO.C22H24NSi.Ir/c1-17(2)19-13-14-27-24(15-19)23-10-6-9-22-21-12-11-20(16-25(21)28-26(22)23)18-7-4-3-5-8-18;1-17(18-11-7-5-8-12-18)20-15-21(19-13-9-6-10-14-19)23-16-22(20)24(2,3)4;/h3-9,11-17H,1-2H3;5-13,15-17H,1-4H3;/q2*-1;/i2*17D;. The third-order valence-corrected chi connectivity index (χ3v) is 11.5. The largest absolute Gasteiger partial charge is 0.501 e. The van der Waals surface area contributed by atoms with E-state index in [9.17, 15) is 1.37 Å². The number of furan rings is 1. The zero-order chi connectivity index (χ0) is 38.1. The Kier molecular flexibility index (Phi) is 10.9. The van der Waals surface area contributed by atoms with Gasteiger partial charge < -0.3 is 14.4 Å². The molecule has 5 aromatic carbocycles. The minimum atomic E-state index is -1.64. The van der Waals surface area contributed by atoms with Crippen molar-refractivity contribution in [1.29, 1.82) is 0 Å². The van der Waals surface area contributed by atoms with Gasteiger partial charge in [0, 0.05) is 46.5 Å². The summed E-state index contributed by atoms with van der Waals surface area (Å²) in [5, 5.41) is 3.37. The molecule has 3 nitrogen and oxygen atoms in total. The van der Waals surface area contributed by atoms with Crippen molar-refractivity contribution in [2.24, 2.45) is 0 Å². The number of hydrogen-bond acceptors (Lipinski definition) is 3. The molecule has 267 valence electrons. The summed E-state index contributed by atoms with van der Waals surface area (Å²) < 4.78 is 23.8. The van der Waals surface area contributed by atoms with E-state index < -0.39 is 19.9 Å². The summed E-state index contributed by atoms with van der Waals surface area (Å²) in [6, 6.07) is 51.0. The van der Waals surface area contributed by atoms with Crippen LogP contribution < -0.4 is 5.19 Å². The van der Waals surface area contributed by atoms with Crippen LogP contribution in [-0.2, 0) is 20.1 Å². The molecule has 1 unspecified atom stereocenters. The summed E-state index contributed by atoms with van der Waals surface area (Å²) in [5.74, 6) is -1.51. The van der Waals surface area contributed by atoms with E-state index in [1.54, 1.807) is 6.20 Å². The summed E-state index contributed by atoms with van der Waals surface area (Å²) in [6.07, 6.45) is 3.75. The van der Waals surface area contributed by atoms with Crippen molar-refractivity contribution in [3.05, 3.63) is 175 Å². The molecule has 5 heteroatoms. The van der Waals surface area contributed by atoms with Crippen LogP contribution in [0.25, 0.3) is 55.6 Å². The molecule has 3 aromatic heterocycles. The molecule has 0 amide bonds. The van der Waals surface area contributed by atoms with E-state index in [1.165, 1.54) is 5.19 Å². The second-order valence-corrected chi connectivity index (χ2v) is 19.4. The van der Waals surface area contributed by atoms with E-state index in [-0.39, 0.29) is 20.1 Å². The molecule has 0 aliphatic carbocycles. The number of rotatable bonds is 7. The van der Waals surface area contributed by atoms with Gasteiger partial charge in [0.15, 0.2) is 0 Å². The van der Waals surface area contributed by atoms with Gasteiger partial charge >= 0.3 is 0 Å². The molecule has 0 aliphatic rings. The molecular weight excluding hydrogens is 841 g/mol. The Morgan fingerprint density at radius 3 is 2.09 bits per heavy atom. The van der Waals surface area contributed by atoms with Crippen molar-refractivity contribution < 1.29 is 27.3 Å².